The van der Waals surface area contributed by atoms with Gasteiger partial charge in [0.25, 0.3) is 5.91 Å². The predicted octanol–water partition coefficient (Wildman–Crippen LogP) is 3.33. The molecule has 1 aliphatic heterocycles. The summed E-state index contributed by atoms with van der Waals surface area (Å²) in [6.45, 7) is 0.747. The number of carbonyl (C=O) groups excluding carboxylic acids is 2. The Morgan fingerprint density at radius 3 is 2.71 bits per heavy atom. The van der Waals surface area contributed by atoms with Gasteiger partial charge < -0.3 is 9.64 Å². The van der Waals surface area contributed by atoms with Crippen molar-refractivity contribution in [1.82, 2.24) is 4.90 Å². The van der Waals surface area contributed by atoms with Crippen LogP contribution >= 0.6 is 15.9 Å². The summed E-state index contributed by atoms with van der Waals surface area (Å²) in [5, 5.41) is 0. The third-order valence-electron chi connectivity index (χ3n) is 3.96. The van der Waals surface area contributed by atoms with E-state index < -0.39 is 11.8 Å². The van der Waals surface area contributed by atoms with Crippen molar-refractivity contribution in [2.24, 2.45) is 0 Å². The van der Waals surface area contributed by atoms with Gasteiger partial charge in [0.2, 0.25) is 0 Å². The fourth-order valence-electron chi connectivity index (χ4n) is 2.66. The summed E-state index contributed by atoms with van der Waals surface area (Å²) in [7, 11) is 0. The van der Waals surface area contributed by atoms with Crippen LogP contribution < -0.4 is 0 Å². The van der Waals surface area contributed by atoms with Gasteiger partial charge in [0.15, 0.2) is 6.61 Å². The Hall–Kier alpha value is -2.21. The number of rotatable bonds is 3. The number of hydrogen-bond donors (Lipinski definition) is 0. The van der Waals surface area contributed by atoms with Crippen LogP contribution in [0.1, 0.15) is 21.5 Å². The molecule has 0 saturated carbocycles. The first-order chi connectivity index (χ1) is 11.5. The van der Waals surface area contributed by atoms with Crippen LogP contribution in [0.25, 0.3) is 0 Å². The monoisotopic (exact) mass is 391 g/mol. The van der Waals surface area contributed by atoms with Crippen LogP contribution in [0.2, 0.25) is 0 Å². The molecule has 2 aromatic rings. The Kier molecular flexibility index (Phi) is 4.94. The second kappa shape index (κ2) is 7.13. The molecule has 0 radical (unpaired) electrons. The van der Waals surface area contributed by atoms with E-state index in [1.165, 1.54) is 17.7 Å². The summed E-state index contributed by atoms with van der Waals surface area (Å²) in [5.74, 6) is -1.53. The first-order valence-electron chi connectivity index (χ1n) is 7.51. The van der Waals surface area contributed by atoms with Gasteiger partial charge in [0, 0.05) is 17.6 Å². The molecule has 0 N–H and O–H groups in total. The van der Waals surface area contributed by atoms with Crippen LogP contribution in [0, 0.1) is 5.82 Å². The van der Waals surface area contributed by atoms with Crippen LogP contribution in [0.15, 0.2) is 46.9 Å². The zero-order valence-electron chi connectivity index (χ0n) is 12.8. The Labute approximate surface area is 147 Å². The maximum absolute atomic E-state index is 13.2. The minimum atomic E-state index is -0.730. The Morgan fingerprint density at radius 2 is 1.92 bits per heavy atom. The number of esters is 1. The summed E-state index contributed by atoms with van der Waals surface area (Å²) < 4.78 is 18.7. The molecule has 1 aliphatic rings. The molecule has 0 saturated heterocycles. The average molecular weight is 392 g/mol. The molecule has 124 valence electrons. The lowest BCUT2D eigenvalue weighted by molar-refractivity contribution is -0.135. The molecule has 6 heteroatoms. The quantitative estimate of drug-likeness (QED) is 0.753. The SMILES string of the molecule is O=C(OCC(=O)N1CCc2ccccc2C1)c1cc(F)ccc1Br. The number of hydrogen-bond acceptors (Lipinski definition) is 3. The molecule has 0 bridgehead atoms. The van der Waals surface area contributed by atoms with E-state index in [4.69, 9.17) is 4.74 Å². The highest BCUT2D eigenvalue weighted by atomic mass is 79.9. The van der Waals surface area contributed by atoms with Gasteiger partial charge in [0.05, 0.1) is 5.56 Å². The van der Waals surface area contributed by atoms with Crippen LogP contribution in [0.4, 0.5) is 4.39 Å². The molecule has 0 unspecified atom stereocenters. The Balaban J connectivity index is 1.60. The van der Waals surface area contributed by atoms with Gasteiger partial charge in [-0.1, -0.05) is 24.3 Å². The van der Waals surface area contributed by atoms with Crippen molar-refractivity contribution in [3.05, 3.63) is 69.4 Å². The zero-order chi connectivity index (χ0) is 17.1. The molecule has 3 rings (SSSR count). The van der Waals surface area contributed by atoms with Gasteiger partial charge in [-0.15, -0.1) is 0 Å². The molecule has 0 fully saturated rings. The fourth-order valence-corrected chi connectivity index (χ4v) is 3.07. The summed E-state index contributed by atoms with van der Waals surface area (Å²) in [4.78, 5) is 25.9. The molecule has 4 nitrogen and oxygen atoms in total. The molecule has 1 heterocycles. The minimum absolute atomic E-state index is 0.0618. The molecular weight excluding hydrogens is 377 g/mol. The third kappa shape index (κ3) is 3.64. The lowest BCUT2D eigenvalue weighted by atomic mass is 10.00. The highest BCUT2D eigenvalue weighted by molar-refractivity contribution is 9.10. The molecular formula is C18H15BrFNO3. The molecule has 0 aliphatic carbocycles. The normalized spacial score (nSPS) is 13.3. The van der Waals surface area contributed by atoms with Crippen molar-refractivity contribution < 1.29 is 18.7 Å². The summed E-state index contributed by atoms with van der Waals surface area (Å²) >= 11 is 3.17. The summed E-state index contributed by atoms with van der Waals surface area (Å²) in [6, 6.07) is 11.7. The molecule has 0 atom stereocenters. The maximum atomic E-state index is 13.2. The van der Waals surface area contributed by atoms with E-state index in [1.807, 2.05) is 18.2 Å². The highest BCUT2D eigenvalue weighted by Crippen LogP contribution is 2.20. The molecule has 0 aromatic heterocycles. The van der Waals surface area contributed by atoms with Gasteiger partial charge in [-0.05, 0) is 51.7 Å². The Bertz CT molecular complexity index is 794. The topological polar surface area (TPSA) is 46.6 Å². The van der Waals surface area contributed by atoms with Gasteiger partial charge >= 0.3 is 5.97 Å². The van der Waals surface area contributed by atoms with Crippen molar-refractivity contribution in [2.75, 3.05) is 13.2 Å². The van der Waals surface area contributed by atoms with Gasteiger partial charge in [-0.2, -0.15) is 0 Å². The van der Waals surface area contributed by atoms with E-state index in [0.717, 1.165) is 18.1 Å². The van der Waals surface area contributed by atoms with Gasteiger partial charge in [-0.25, -0.2) is 9.18 Å². The lowest BCUT2D eigenvalue weighted by Gasteiger charge is -2.28. The van der Waals surface area contributed by atoms with Crippen molar-refractivity contribution in [3.8, 4) is 0 Å². The number of halogens is 2. The number of amides is 1. The van der Waals surface area contributed by atoms with E-state index in [1.54, 1.807) is 4.90 Å². The van der Waals surface area contributed by atoms with Gasteiger partial charge in [-0.3, -0.25) is 4.79 Å². The maximum Gasteiger partial charge on any atom is 0.339 e. The first-order valence-corrected chi connectivity index (χ1v) is 8.30. The van der Waals surface area contributed by atoms with Crippen molar-refractivity contribution in [1.29, 1.82) is 0 Å². The molecule has 24 heavy (non-hydrogen) atoms. The number of carbonyl (C=O) groups is 2. The predicted molar refractivity (Wildman–Crippen MR) is 89.9 cm³/mol. The van der Waals surface area contributed by atoms with E-state index in [-0.39, 0.29) is 18.1 Å². The van der Waals surface area contributed by atoms with Crippen molar-refractivity contribution in [3.63, 3.8) is 0 Å². The largest absolute Gasteiger partial charge is 0.452 e. The van der Waals surface area contributed by atoms with Crippen LogP contribution in [-0.4, -0.2) is 29.9 Å². The van der Waals surface area contributed by atoms with E-state index in [2.05, 4.69) is 22.0 Å². The molecule has 2 aromatic carbocycles. The number of fused-ring (bicyclic) bond motifs is 1. The first kappa shape index (κ1) is 16.6. The van der Waals surface area contributed by atoms with Crippen LogP contribution in [0.3, 0.4) is 0 Å². The van der Waals surface area contributed by atoms with E-state index in [0.29, 0.717) is 17.6 Å². The Morgan fingerprint density at radius 1 is 1.17 bits per heavy atom. The number of ether oxygens (including phenoxy) is 1. The summed E-state index contributed by atoms with van der Waals surface area (Å²) in [6.07, 6.45) is 0.783. The average Bonchev–Trinajstić information content (AvgIpc) is 2.61. The zero-order valence-corrected chi connectivity index (χ0v) is 14.4. The van der Waals surface area contributed by atoms with Crippen LogP contribution in [-0.2, 0) is 22.5 Å². The number of benzene rings is 2. The van der Waals surface area contributed by atoms with Gasteiger partial charge in [0.1, 0.15) is 5.82 Å². The standard InChI is InChI=1S/C18H15BrFNO3/c19-16-6-5-14(20)9-15(16)18(23)24-11-17(22)21-8-7-12-3-1-2-4-13(12)10-21/h1-6,9H,7-8,10-11H2. The second-order valence-corrected chi connectivity index (χ2v) is 6.39. The second-order valence-electron chi connectivity index (χ2n) is 5.53. The molecule has 1 amide bonds. The third-order valence-corrected chi connectivity index (χ3v) is 4.65. The number of nitrogens with zero attached hydrogens (tertiary/aromatic N) is 1. The van der Waals surface area contributed by atoms with Crippen LogP contribution in [0.5, 0.6) is 0 Å². The lowest BCUT2D eigenvalue weighted by Crippen LogP contribution is -2.38. The smallest absolute Gasteiger partial charge is 0.339 e. The van der Waals surface area contributed by atoms with E-state index >= 15 is 0 Å². The molecule has 0 spiro atoms. The fraction of sp³-hybridized carbons (Fsp3) is 0.222. The van der Waals surface area contributed by atoms with Crippen molar-refractivity contribution >= 4 is 27.8 Å². The summed E-state index contributed by atoms with van der Waals surface area (Å²) in [5.41, 5.74) is 2.41. The minimum Gasteiger partial charge on any atom is -0.452 e. The van der Waals surface area contributed by atoms with Crippen molar-refractivity contribution in [2.45, 2.75) is 13.0 Å². The van der Waals surface area contributed by atoms with E-state index in [9.17, 15) is 14.0 Å². The highest BCUT2D eigenvalue weighted by Gasteiger charge is 2.22.